The molecule has 4 rings (SSSR count). The molecule has 1 aromatic carbocycles. The fraction of sp³-hybridized carbons (Fsp3) is 0.182. The fourth-order valence-corrected chi connectivity index (χ4v) is 3.18. The molecule has 0 amide bonds. The maximum absolute atomic E-state index is 10.4. The van der Waals surface area contributed by atoms with Crippen molar-refractivity contribution in [2.24, 2.45) is 0 Å². The van der Waals surface area contributed by atoms with Crippen molar-refractivity contribution < 1.29 is 5.11 Å². The van der Waals surface area contributed by atoms with Gasteiger partial charge in [0.25, 0.3) is 0 Å². The monoisotopic (exact) mass is 343 g/mol. The van der Waals surface area contributed by atoms with Crippen LogP contribution in [0.2, 0.25) is 0 Å². The third kappa shape index (κ3) is 3.45. The van der Waals surface area contributed by atoms with E-state index in [4.69, 9.17) is 0 Å². The van der Waals surface area contributed by atoms with E-state index in [1.165, 1.54) is 11.1 Å². The van der Waals surface area contributed by atoms with Crippen LogP contribution in [-0.4, -0.2) is 20.1 Å². The maximum Gasteiger partial charge on any atom is 0.214 e. The Bertz CT molecular complexity index is 1030. The molecule has 26 heavy (non-hydrogen) atoms. The lowest BCUT2D eigenvalue weighted by Gasteiger charge is -2.07. The molecule has 0 saturated heterocycles. The summed E-state index contributed by atoms with van der Waals surface area (Å²) in [5.74, 6) is 0.115. The van der Waals surface area contributed by atoms with Crippen LogP contribution in [0.25, 0.3) is 11.0 Å². The van der Waals surface area contributed by atoms with Crippen LogP contribution < -0.4 is 0 Å². The van der Waals surface area contributed by atoms with Gasteiger partial charge in [-0.2, -0.15) is 0 Å². The number of nitrogens with one attached hydrogen (secondary N) is 1. The Labute approximate surface area is 152 Å². The summed E-state index contributed by atoms with van der Waals surface area (Å²) in [6, 6.07) is 16.5. The summed E-state index contributed by atoms with van der Waals surface area (Å²) < 4.78 is 0. The molecule has 0 fully saturated rings. The summed E-state index contributed by atoms with van der Waals surface area (Å²) in [7, 11) is 0. The summed E-state index contributed by atoms with van der Waals surface area (Å²) >= 11 is 0. The number of nitrogens with zero attached hydrogens (tertiary/aromatic N) is 2. The van der Waals surface area contributed by atoms with Gasteiger partial charge < -0.3 is 10.1 Å². The van der Waals surface area contributed by atoms with Crippen LogP contribution >= 0.6 is 0 Å². The minimum atomic E-state index is 0.115. The number of aryl methyl sites for hydroxylation is 3. The molecule has 4 nitrogen and oxygen atoms in total. The van der Waals surface area contributed by atoms with E-state index in [0.29, 0.717) is 6.42 Å². The molecule has 130 valence electrons. The highest BCUT2D eigenvalue weighted by Gasteiger charge is 2.10. The highest BCUT2D eigenvalue weighted by Crippen LogP contribution is 2.23. The summed E-state index contributed by atoms with van der Waals surface area (Å²) in [6.07, 6.45) is 6.07. The van der Waals surface area contributed by atoms with E-state index >= 15 is 0 Å². The first-order chi connectivity index (χ1) is 12.7. The lowest BCUT2D eigenvalue weighted by molar-refractivity contribution is 0.445. The van der Waals surface area contributed by atoms with Gasteiger partial charge in [-0.05, 0) is 49.1 Å². The van der Waals surface area contributed by atoms with Gasteiger partial charge in [-0.3, -0.25) is 0 Å². The fourth-order valence-electron chi connectivity index (χ4n) is 3.18. The van der Waals surface area contributed by atoms with E-state index in [-0.39, 0.29) is 5.88 Å². The number of hydrogen-bond donors (Lipinski definition) is 2. The maximum atomic E-state index is 10.4. The Balaban J connectivity index is 1.48. The number of hydrogen-bond acceptors (Lipinski definition) is 3. The molecule has 0 spiro atoms. The highest BCUT2D eigenvalue weighted by atomic mass is 16.3. The molecule has 2 N–H and O–H groups in total. The second-order valence-corrected chi connectivity index (χ2v) is 6.66. The molecule has 4 heteroatoms. The van der Waals surface area contributed by atoms with Crippen molar-refractivity contribution in [2.75, 3.05) is 0 Å². The van der Waals surface area contributed by atoms with Crippen molar-refractivity contribution in [1.82, 2.24) is 15.0 Å². The standard InChI is InChI=1S/C22H21N3O/c1-15-4-6-16(7-5-15)8-10-19-11-9-17(22(26)25-19)13-18-14-24-21-20(18)3-2-12-23-21/h2-7,9,11-12,14H,8,10,13H2,1H3,(H,23,24)(H,25,26). The van der Waals surface area contributed by atoms with Crippen molar-refractivity contribution in [3.63, 3.8) is 0 Å². The Morgan fingerprint density at radius 2 is 1.81 bits per heavy atom. The topological polar surface area (TPSA) is 61.8 Å². The Hall–Kier alpha value is -3.14. The van der Waals surface area contributed by atoms with E-state index in [1.54, 1.807) is 6.20 Å². The number of rotatable bonds is 5. The van der Waals surface area contributed by atoms with Crippen LogP contribution in [-0.2, 0) is 19.3 Å². The minimum absolute atomic E-state index is 0.115. The zero-order valence-electron chi connectivity index (χ0n) is 14.7. The number of benzene rings is 1. The number of aromatic amines is 1. The average Bonchev–Trinajstić information content (AvgIpc) is 3.06. The van der Waals surface area contributed by atoms with Gasteiger partial charge in [-0.1, -0.05) is 35.9 Å². The first-order valence-electron chi connectivity index (χ1n) is 8.83. The third-order valence-corrected chi connectivity index (χ3v) is 4.72. The Morgan fingerprint density at radius 3 is 2.62 bits per heavy atom. The lowest BCUT2D eigenvalue weighted by Crippen LogP contribution is -1.97. The van der Waals surface area contributed by atoms with E-state index in [0.717, 1.165) is 40.7 Å². The Kier molecular flexibility index (Phi) is 4.40. The van der Waals surface area contributed by atoms with Gasteiger partial charge in [0.15, 0.2) is 0 Å². The highest BCUT2D eigenvalue weighted by molar-refractivity contribution is 5.79. The largest absolute Gasteiger partial charge is 0.493 e. The molecule has 0 radical (unpaired) electrons. The normalized spacial score (nSPS) is 11.1. The molecule has 0 bridgehead atoms. The molecule has 0 aliphatic heterocycles. The van der Waals surface area contributed by atoms with Gasteiger partial charge in [0.2, 0.25) is 5.88 Å². The molecular weight excluding hydrogens is 322 g/mol. The van der Waals surface area contributed by atoms with Crippen LogP contribution in [0.15, 0.2) is 60.9 Å². The zero-order valence-corrected chi connectivity index (χ0v) is 14.7. The van der Waals surface area contributed by atoms with Crippen LogP contribution in [0.3, 0.4) is 0 Å². The van der Waals surface area contributed by atoms with Crippen molar-refractivity contribution in [1.29, 1.82) is 0 Å². The second-order valence-electron chi connectivity index (χ2n) is 6.66. The smallest absolute Gasteiger partial charge is 0.214 e. The average molecular weight is 343 g/mol. The summed E-state index contributed by atoms with van der Waals surface area (Å²) in [5.41, 5.74) is 6.26. The van der Waals surface area contributed by atoms with Crippen molar-refractivity contribution in [3.8, 4) is 5.88 Å². The second kappa shape index (κ2) is 7.00. The summed E-state index contributed by atoms with van der Waals surface area (Å²) in [5, 5.41) is 11.4. The van der Waals surface area contributed by atoms with E-state index < -0.39 is 0 Å². The number of aromatic nitrogens is 3. The van der Waals surface area contributed by atoms with E-state index in [9.17, 15) is 5.11 Å². The Morgan fingerprint density at radius 1 is 0.962 bits per heavy atom. The van der Waals surface area contributed by atoms with E-state index in [1.807, 2.05) is 30.5 Å². The molecule has 0 unspecified atom stereocenters. The van der Waals surface area contributed by atoms with Gasteiger partial charge in [0.1, 0.15) is 5.65 Å². The number of pyridine rings is 2. The predicted octanol–water partition coefficient (Wildman–Crippen LogP) is 4.35. The van der Waals surface area contributed by atoms with E-state index in [2.05, 4.69) is 46.1 Å². The number of fused-ring (bicyclic) bond motifs is 1. The summed E-state index contributed by atoms with van der Waals surface area (Å²) in [6.45, 7) is 2.09. The number of H-pyrrole nitrogens is 1. The van der Waals surface area contributed by atoms with Gasteiger partial charge in [-0.25, -0.2) is 9.97 Å². The van der Waals surface area contributed by atoms with Crippen molar-refractivity contribution in [3.05, 3.63) is 88.9 Å². The molecular formula is C22H21N3O. The van der Waals surface area contributed by atoms with Crippen LogP contribution in [0, 0.1) is 6.92 Å². The SMILES string of the molecule is Cc1ccc(CCc2ccc(Cc3c[nH]c4ncccc34)c(O)n2)cc1. The molecule has 3 heterocycles. The molecule has 0 aliphatic carbocycles. The van der Waals surface area contributed by atoms with Crippen molar-refractivity contribution >= 4 is 11.0 Å². The predicted molar refractivity (Wildman–Crippen MR) is 103 cm³/mol. The van der Waals surface area contributed by atoms with Gasteiger partial charge in [-0.15, -0.1) is 0 Å². The lowest BCUT2D eigenvalue weighted by atomic mass is 10.0. The quantitative estimate of drug-likeness (QED) is 0.566. The summed E-state index contributed by atoms with van der Waals surface area (Å²) in [4.78, 5) is 11.9. The van der Waals surface area contributed by atoms with Crippen molar-refractivity contribution in [2.45, 2.75) is 26.2 Å². The molecule has 4 aromatic rings. The molecule has 0 aliphatic rings. The van der Waals surface area contributed by atoms with Crippen LogP contribution in [0.1, 0.15) is 27.9 Å². The first-order valence-corrected chi connectivity index (χ1v) is 8.83. The zero-order chi connectivity index (χ0) is 17.9. The van der Waals surface area contributed by atoms with Crippen LogP contribution in [0.5, 0.6) is 5.88 Å². The molecule has 0 saturated carbocycles. The molecule has 3 aromatic heterocycles. The van der Waals surface area contributed by atoms with Gasteiger partial charge in [0.05, 0.1) is 0 Å². The number of aromatic hydroxyl groups is 1. The first kappa shape index (κ1) is 16.3. The van der Waals surface area contributed by atoms with Crippen LogP contribution in [0.4, 0.5) is 0 Å². The van der Waals surface area contributed by atoms with Gasteiger partial charge >= 0.3 is 0 Å². The van der Waals surface area contributed by atoms with Gasteiger partial charge in [0, 0.05) is 35.5 Å². The molecule has 0 atom stereocenters. The third-order valence-electron chi connectivity index (χ3n) is 4.72. The minimum Gasteiger partial charge on any atom is -0.493 e.